The van der Waals surface area contributed by atoms with E-state index in [1.54, 1.807) is 18.2 Å². The number of amides is 2. The maximum absolute atomic E-state index is 12.5. The first-order valence-corrected chi connectivity index (χ1v) is 8.30. The molecule has 1 fully saturated rings. The second kappa shape index (κ2) is 6.21. The third kappa shape index (κ3) is 2.93. The fraction of sp³-hybridized carbons (Fsp3) is 0. The van der Waals surface area contributed by atoms with Crippen molar-refractivity contribution in [1.82, 2.24) is 5.43 Å². The van der Waals surface area contributed by atoms with Crippen LogP contribution < -0.4 is 10.4 Å². The highest BCUT2D eigenvalue weighted by molar-refractivity contribution is 14.1. The maximum Gasteiger partial charge on any atom is 0.282 e. The van der Waals surface area contributed by atoms with Gasteiger partial charge < -0.3 is 0 Å². The van der Waals surface area contributed by atoms with Gasteiger partial charge in [-0.05, 0) is 64.6 Å². The molecule has 0 unspecified atom stereocenters. The third-order valence-corrected chi connectivity index (χ3v) is 4.69. The number of halogens is 2. The molecule has 1 aliphatic rings. The predicted octanol–water partition coefficient (Wildman–Crippen LogP) is 3.52. The van der Waals surface area contributed by atoms with Gasteiger partial charge in [-0.1, -0.05) is 34.1 Å². The van der Waals surface area contributed by atoms with Gasteiger partial charge in [-0.2, -0.15) is 0 Å². The number of benzene rings is 2. The van der Waals surface area contributed by atoms with E-state index in [2.05, 4.69) is 43.9 Å². The molecule has 2 amide bonds. The number of nitrogens with zero attached hydrogens (tertiary/aromatic N) is 1. The molecule has 0 saturated carbocycles. The molecule has 0 aliphatic carbocycles. The lowest BCUT2D eigenvalue weighted by atomic mass is 10.1. The minimum absolute atomic E-state index is 0.132. The quantitative estimate of drug-likeness (QED) is 0.416. The Hall–Kier alpha value is -1.67. The van der Waals surface area contributed by atoms with E-state index < -0.39 is 5.91 Å². The fourth-order valence-electron chi connectivity index (χ4n) is 2.08. The number of nitrogens with one attached hydrogen (secondary N) is 1. The summed E-state index contributed by atoms with van der Waals surface area (Å²) in [6.45, 7) is 0. The van der Waals surface area contributed by atoms with Crippen LogP contribution in [0, 0.1) is 3.57 Å². The van der Waals surface area contributed by atoms with Gasteiger partial charge in [0.1, 0.15) is 5.57 Å². The highest BCUT2D eigenvalue weighted by atomic mass is 127. The van der Waals surface area contributed by atoms with E-state index in [4.69, 9.17) is 0 Å². The summed E-state index contributed by atoms with van der Waals surface area (Å²) in [6.07, 6.45) is 1.62. The van der Waals surface area contributed by atoms with E-state index in [1.807, 2.05) is 36.4 Å². The first-order chi connectivity index (χ1) is 10.6. The molecular weight excluding hydrogens is 459 g/mol. The second-order valence-electron chi connectivity index (χ2n) is 4.64. The van der Waals surface area contributed by atoms with E-state index in [-0.39, 0.29) is 11.5 Å². The highest BCUT2D eigenvalue weighted by Gasteiger charge is 2.34. The molecule has 2 aromatic carbocycles. The zero-order chi connectivity index (χ0) is 15.7. The Kier molecular flexibility index (Phi) is 4.30. The van der Waals surface area contributed by atoms with Gasteiger partial charge in [0.15, 0.2) is 0 Å². The molecule has 1 aliphatic heterocycles. The van der Waals surface area contributed by atoms with E-state index in [1.165, 1.54) is 5.01 Å². The molecule has 3 rings (SSSR count). The van der Waals surface area contributed by atoms with E-state index in [0.717, 1.165) is 13.6 Å². The van der Waals surface area contributed by atoms with Crippen LogP contribution in [0.25, 0.3) is 6.08 Å². The van der Waals surface area contributed by atoms with Gasteiger partial charge in [0.2, 0.25) is 0 Å². The highest BCUT2D eigenvalue weighted by Crippen LogP contribution is 2.24. The molecule has 0 bridgehead atoms. The minimum Gasteiger partial charge on any atom is -0.267 e. The lowest BCUT2D eigenvalue weighted by molar-refractivity contribution is -0.117. The summed E-state index contributed by atoms with van der Waals surface area (Å²) in [5, 5.41) is 1.26. The molecule has 1 N–H and O–H groups in total. The van der Waals surface area contributed by atoms with Crippen molar-refractivity contribution in [3.63, 3.8) is 0 Å². The van der Waals surface area contributed by atoms with Crippen LogP contribution in [0.1, 0.15) is 5.56 Å². The molecule has 0 aromatic heterocycles. The van der Waals surface area contributed by atoms with Crippen LogP contribution in [0.15, 0.2) is 58.6 Å². The molecule has 0 radical (unpaired) electrons. The SMILES string of the molecule is O=C1NN(c2ccc(Br)cc2)C(=O)/C1=C/c1ccccc1I. The predicted molar refractivity (Wildman–Crippen MR) is 96.9 cm³/mol. The minimum atomic E-state index is -0.396. The average molecular weight is 469 g/mol. The molecule has 1 saturated heterocycles. The van der Waals surface area contributed by atoms with Crippen molar-refractivity contribution in [1.29, 1.82) is 0 Å². The van der Waals surface area contributed by atoms with Gasteiger partial charge in [0.25, 0.3) is 11.8 Å². The van der Waals surface area contributed by atoms with Crippen molar-refractivity contribution in [2.45, 2.75) is 0 Å². The number of hydrazine groups is 1. The molecule has 0 atom stereocenters. The van der Waals surface area contributed by atoms with Crippen LogP contribution in [-0.2, 0) is 9.59 Å². The zero-order valence-corrected chi connectivity index (χ0v) is 15.0. The summed E-state index contributed by atoms with van der Waals surface area (Å²) < 4.78 is 1.89. The summed E-state index contributed by atoms with van der Waals surface area (Å²) in [4.78, 5) is 24.6. The van der Waals surface area contributed by atoms with Crippen LogP contribution in [0.3, 0.4) is 0 Å². The molecule has 6 heteroatoms. The summed E-state index contributed by atoms with van der Waals surface area (Å²) in [5.41, 5.74) is 4.18. The molecule has 1 heterocycles. The summed E-state index contributed by atoms with van der Waals surface area (Å²) >= 11 is 5.52. The number of hydrogen-bond acceptors (Lipinski definition) is 2. The van der Waals surface area contributed by atoms with Gasteiger partial charge in [0, 0.05) is 8.04 Å². The zero-order valence-electron chi connectivity index (χ0n) is 11.2. The molecule has 4 nitrogen and oxygen atoms in total. The number of rotatable bonds is 2. The molecule has 2 aromatic rings. The van der Waals surface area contributed by atoms with E-state index in [0.29, 0.717) is 5.69 Å². The van der Waals surface area contributed by atoms with Gasteiger partial charge in [-0.3, -0.25) is 15.0 Å². The number of carbonyl (C=O) groups excluding carboxylic acids is 2. The van der Waals surface area contributed by atoms with Crippen molar-refractivity contribution in [3.05, 3.63) is 67.7 Å². The van der Waals surface area contributed by atoms with Crippen molar-refractivity contribution >= 4 is 62.1 Å². The van der Waals surface area contributed by atoms with Gasteiger partial charge in [-0.25, -0.2) is 5.01 Å². The van der Waals surface area contributed by atoms with E-state index >= 15 is 0 Å². The van der Waals surface area contributed by atoms with Crippen LogP contribution >= 0.6 is 38.5 Å². The Bertz CT molecular complexity index is 787. The Morgan fingerprint density at radius 2 is 1.73 bits per heavy atom. The summed E-state index contributed by atoms with van der Waals surface area (Å²) in [6, 6.07) is 14.7. The first-order valence-electron chi connectivity index (χ1n) is 6.43. The fourth-order valence-corrected chi connectivity index (χ4v) is 2.88. The monoisotopic (exact) mass is 468 g/mol. The van der Waals surface area contributed by atoms with Gasteiger partial charge in [-0.15, -0.1) is 0 Å². The van der Waals surface area contributed by atoms with E-state index in [9.17, 15) is 9.59 Å². The van der Waals surface area contributed by atoms with Crippen molar-refractivity contribution in [3.8, 4) is 0 Å². The number of hydrogen-bond donors (Lipinski definition) is 1. The lowest BCUT2D eigenvalue weighted by Crippen LogP contribution is -2.35. The van der Waals surface area contributed by atoms with Gasteiger partial charge in [0.05, 0.1) is 5.69 Å². The lowest BCUT2D eigenvalue weighted by Gasteiger charge is -2.14. The third-order valence-electron chi connectivity index (χ3n) is 3.18. The Labute approximate surface area is 149 Å². The molecule has 0 spiro atoms. The number of carbonyl (C=O) groups is 2. The second-order valence-corrected chi connectivity index (χ2v) is 6.72. The van der Waals surface area contributed by atoms with Crippen molar-refractivity contribution in [2.75, 3.05) is 5.01 Å². The summed E-state index contributed by atoms with van der Waals surface area (Å²) in [5.74, 6) is -0.750. The Morgan fingerprint density at radius 3 is 2.41 bits per heavy atom. The average Bonchev–Trinajstić information content (AvgIpc) is 2.78. The molecule has 110 valence electrons. The maximum atomic E-state index is 12.5. The normalized spacial score (nSPS) is 16.3. The first kappa shape index (κ1) is 15.2. The van der Waals surface area contributed by atoms with Crippen molar-refractivity contribution in [2.24, 2.45) is 0 Å². The van der Waals surface area contributed by atoms with Crippen LogP contribution in [0.2, 0.25) is 0 Å². The van der Waals surface area contributed by atoms with Crippen LogP contribution in [0.4, 0.5) is 5.69 Å². The molecular formula is C16H10BrIN2O2. The number of anilines is 1. The molecule has 22 heavy (non-hydrogen) atoms. The standard InChI is InChI=1S/C16H10BrIN2O2/c17-11-5-7-12(8-6-11)20-16(22)13(15(21)19-20)9-10-3-1-2-4-14(10)18/h1-9H,(H,19,21)/b13-9+. The van der Waals surface area contributed by atoms with Crippen molar-refractivity contribution < 1.29 is 9.59 Å². The smallest absolute Gasteiger partial charge is 0.267 e. The van der Waals surface area contributed by atoms with Crippen LogP contribution in [-0.4, -0.2) is 11.8 Å². The topological polar surface area (TPSA) is 49.4 Å². The van der Waals surface area contributed by atoms with Crippen LogP contribution in [0.5, 0.6) is 0 Å². The largest absolute Gasteiger partial charge is 0.282 e. The Morgan fingerprint density at radius 1 is 1.05 bits per heavy atom. The summed E-state index contributed by atoms with van der Waals surface area (Å²) in [7, 11) is 0. The van der Waals surface area contributed by atoms with Gasteiger partial charge >= 0.3 is 0 Å². The Balaban J connectivity index is 1.95.